The number of nitrogens with zero attached hydrogens (tertiary/aromatic N) is 3. The van der Waals surface area contributed by atoms with Crippen molar-refractivity contribution < 1.29 is 17.9 Å². The molecule has 1 aromatic heterocycles. The highest BCUT2D eigenvalue weighted by Gasteiger charge is 2.28. The number of carbonyl (C=O) groups excluding carboxylic acids is 1. The van der Waals surface area contributed by atoms with Crippen LogP contribution in [0.25, 0.3) is 0 Å². The molecule has 0 atom stereocenters. The number of sulfonamides is 1. The third-order valence-corrected chi connectivity index (χ3v) is 5.97. The van der Waals surface area contributed by atoms with Gasteiger partial charge in [-0.15, -0.1) is 0 Å². The molecule has 1 amide bonds. The number of aromatic nitrogens is 2. The Bertz CT molecular complexity index is 872. The fourth-order valence-electron chi connectivity index (χ4n) is 2.78. The van der Waals surface area contributed by atoms with Gasteiger partial charge in [-0.2, -0.15) is 4.31 Å². The summed E-state index contributed by atoms with van der Waals surface area (Å²) in [4.78, 5) is 16.2. The molecule has 1 fully saturated rings. The van der Waals surface area contributed by atoms with Crippen molar-refractivity contribution in [1.82, 2.24) is 13.9 Å². The van der Waals surface area contributed by atoms with E-state index in [4.69, 9.17) is 4.74 Å². The molecule has 1 aromatic carbocycles. The number of morpholine rings is 1. The number of ether oxygens (including phenoxy) is 1. The Hall–Kier alpha value is -2.23. The van der Waals surface area contributed by atoms with Crippen LogP contribution in [0, 0.1) is 0 Å². The van der Waals surface area contributed by atoms with Gasteiger partial charge in [0.2, 0.25) is 5.91 Å². The topological polar surface area (TPSA) is 93.5 Å². The maximum absolute atomic E-state index is 12.6. The van der Waals surface area contributed by atoms with Gasteiger partial charge in [0.05, 0.1) is 19.5 Å². The number of nitrogens with one attached hydrogen (secondary N) is 1. The highest BCUT2D eigenvalue weighted by molar-refractivity contribution is 7.89. The minimum absolute atomic E-state index is 0.0102. The standard InChI is InChI=1S/C17H22N4O4S/c1-2-14-5-3-4-6-15(14)19-16(22)11-20-12-17(18-13-20)26(23,24)21-7-9-25-10-8-21/h3-6,12-13H,2,7-11H2,1H3,(H,19,22). The van der Waals surface area contributed by atoms with Gasteiger partial charge >= 0.3 is 0 Å². The van der Waals surface area contributed by atoms with Crippen molar-refractivity contribution in [3.8, 4) is 0 Å². The van der Waals surface area contributed by atoms with E-state index in [2.05, 4.69) is 10.3 Å². The van der Waals surface area contributed by atoms with Crippen LogP contribution >= 0.6 is 0 Å². The maximum Gasteiger partial charge on any atom is 0.262 e. The number of imidazole rings is 1. The Morgan fingerprint density at radius 3 is 2.73 bits per heavy atom. The Morgan fingerprint density at radius 1 is 1.27 bits per heavy atom. The summed E-state index contributed by atoms with van der Waals surface area (Å²) in [7, 11) is -3.66. The van der Waals surface area contributed by atoms with Gasteiger partial charge in [0.1, 0.15) is 6.54 Å². The molecule has 1 N–H and O–H groups in total. The Morgan fingerprint density at radius 2 is 2.00 bits per heavy atom. The second-order valence-electron chi connectivity index (χ2n) is 5.96. The molecule has 0 spiro atoms. The predicted molar refractivity (Wildman–Crippen MR) is 96.3 cm³/mol. The van der Waals surface area contributed by atoms with Crippen LogP contribution < -0.4 is 5.32 Å². The summed E-state index contributed by atoms with van der Waals surface area (Å²) >= 11 is 0. The highest BCUT2D eigenvalue weighted by Crippen LogP contribution is 2.17. The van der Waals surface area contributed by atoms with Crippen LogP contribution in [-0.4, -0.2) is 54.5 Å². The molecule has 2 heterocycles. The molecule has 0 aliphatic carbocycles. The van der Waals surface area contributed by atoms with Gasteiger partial charge in [0.25, 0.3) is 10.0 Å². The van der Waals surface area contributed by atoms with Crippen molar-refractivity contribution in [2.45, 2.75) is 24.9 Å². The van der Waals surface area contributed by atoms with Gasteiger partial charge in [0, 0.05) is 25.0 Å². The van der Waals surface area contributed by atoms with Crippen LogP contribution in [0.4, 0.5) is 5.69 Å². The predicted octanol–water partition coefficient (Wildman–Crippen LogP) is 1.11. The fraction of sp³-hybridized carbons (Fsp3) is 0.412. The third kappa shape index (κ3) is 4.12. The normalized spacial score (nSPS) is 15.7. The fourth-order valence-corrected chi connectivity index (χ4v) is 4.13. The quantitative estimate of drug-likeness (QED) is 0.813. The van der Waals surface area contributed by atoms with Gasteiger partial charge in [-0.25, -0.2) is 13.4 Å². The summed E-state index contributed by atoms with van der Waals surface area (Å²) < 4.78 is 33.1. The van der Waals surface area contributed by atoms with Crippen LogP contribution in [-0.2, 0) is 32.5 Å². The number of carbonyl (C=O) groups is 1. The van der Waals surface area contributed by atoms with E-state index in [1.54, 1.807) is 0 Å². The van der Waals surface area contributed by atoms with E-state index in [1.165, 1.54) is 21.4 Å². The monoisotopic (exact) mass is 378 g/mol. The Balaban J connectivity index is 1.67. The van der Waals surface area contributed by atoms with Gasteiger partial charge in [-0.1, -0.05) is 25.1 Å². The molecule has 2 aromatic rings. The first-order chi connectivity index (χ1) is 12.5. The van der Waals surface area contributed by atoms with Crippen molar-refractivity contribution >= 4 is 21.6 Å². The SMILES string of the molecule is CCc1ccccc1NC(=O)Cn1cnc(S(=O)(=O)N2CCOCC2)c1. The van der Waals surface area contributed by atoms with Crippen molar-refractivity contribution in [2.75, 3.05) is 31.6 Å². The van der Waals surface area contributed by atoms with Crippen LogP contribution in [0.5, 0.6) is 0 Å². The van der Waals surface area contributed by atoms with Gasteiger partial charge in [-0.3, -0.25) is 4.79 Å². The lowest BCUT2D eigenvalue weighted by Gasteiger charge is -2.24. The molecule has 1 saturated heterocycles. The zero-order valence-electron chi connectivity index (χ0n) is 14.6. The number of benzene rings is 1. The Labute approximate surface area is 152 Å². The lowest BCUT2D eigenvalue weighted by Crippen LogP contribution is -2.40. The number of hydrogen-bond acceptors (Lipinski definition) is 5. The van der Waals surface area contributed by atoms with Gasteiger partial charge in [-0.05, 0) is 18.1 Å². The number of hydrogen-bond donors (Lipinski definition) is 1. The lowest BCUT2D eigenvalue weighted by atomic mass is 10.1. The van der Waals surface area contributed by atoms with E-state index in [0.717, 1.165) is 17.7 Å². The Kier molecular flexibility index (Phi) is 5.70. The summed E-state index contributed by atoms with van der Waals surface area (Å²) in [5, 5.41) is 2.80. The number of para-hydroxylation sites is 1. The number of amides is 1. The van der Waals surface area contributed by atoms with Crippen molar-refractivity contribution in [3.05, 3.63) is 42.4 Å². The largest absolute Gasteiger partial charge is 0.379 e. The van der Waals surface area contributed by atoms with Gasteiger partial charge in [0.15, 0.2) is 5.03 Å². The molecule has 0 unspecified atom stereocenters. The molecule has 0 bridgehead atoms. The zero-order chi connectivity index (χ0) is 18.6. The minimum Gasteiger partial charge on any atom is -0.379 e. The molecule has 1 aliphatic rings. The molecule has 140 valence electrons. The molecule has 26 heavy (non-hydrogen) atoms. The first-order valence-corrected chi connectivity index (χ1v) is 9.92. The van der Waals surface area contributed by atoms with Crippen LogP contribution in [0.1, 0.15) is 12.5 Å². The second kappa shape index (κ2) is 7.98. The first kappa shape index (κ1) is 18.6. The third-order valence-electron chi connectivity index (χ3n) is 4.18. The summed E-state index contributed by atoms with van der Waals surface area (Å²) in [6, 6.07) is 7.59. The van der Waals surface area contributed by atoms with E-state index in [1.807, 2.05) is 31.2 Å². The maximum atomic E-state index is 12.6. The summed E-state index contributed by atoms with van der Waals surface area (Å²) in [6.45, 7) is 3.37. The average Bonchev–Trinajstić information content (AvgIpc) is 3.12. The lowest BCUT2D eigenvalue weighted by molar-refractivity contribution is -0.116. The molecular weight excluding hydrogens is 356 g/mol. The molecule has 3 rings (SSSR count). The first-order valence-electron chi connectivity index (χ1n) is 8.48. The summed E-state index contributed by atoms with van der Waals surface area (Å²) in [5.41, 5.74) is 1.81. The smallest absolute Gasteiger partial charge is 0.262 e. The molecule has 0 saturated carbocycles. The molecule has 8 nitrogen and oxygen atoms in total. The minimum atomic E-state index is -3.66. The highest BCUT2D eigenvalue weighted by atomic mass is 32.2. The summed E-state index contributed by atoms with van der Waals surface area (Å²) in [5.74, 6) is -0.237. The molecule has 9 heteroatoms. The number of aryl methyl sites for hydroxylation is 1. The zero-order valence-corrected chi connectivity index (χ0v) is 15.4. The molecule has 0 radical (unpaired) electrons. The number of rotatable bonds is 6. The second-order valence-corrected chi connectivity index (χ2v) is 7.84. The van der Waals surface area contributed by atoms with Crippen molar-refractivity contribution in [1.29, 1.82) is 0 Å². The van der Waals surface area contributed by atoms with E-state index >= 15 is 0 Å². The molecule has 1 aliphatic heterocycles. The van der Waals surface area contributed by atoms with E-state index in [0.29, 0.717) is 26.3 Å². The van der Waals surface area contributed by atoms with E-state index < -0.39 is 10.0 Å². The van der Waals surface area contributed by atoms with Crippen LogP contribution in [0.15, 0.2) is 41.8 Å². The van der Waals surface area contributed by atoms with Gasteiger partial charge < -0.3 is 14.6 Å². The van der Waals surface area contributed by atoms with Crippen molar-refractivity contribution in [2.24, 2.45) is 0 Å². The molecular formula is C17H22N4O4S. The van der Waals surface area contributed by atoms with Crippen LogP contribution in [0.3, 0.4) is 0 Å². The summed E-state index contributed by atoms with van der Waals surface area (Å²) in [6.07, 6.45) is 3.55. The van der Waals surface area contributed by atoms with E-state index in [9.17, 15) is 13.2 Å². The number of anilines is 1. The average molecular weight is 378 g/mol. The van der Waals surface area contributed by atoms with Crippen molar-refractivity contribution in [3.63, 3.8) is 0 Å². The van der Waals surface area contributed by atoms with E-state index in [-0.39, 0.29) is 17.5 Å². The van der Waals surface area contributed by atoms with Crippen LogP contribution in [0.2, 0.25) is 0 Å².